The van der Waals surface area contributed by atoms with Crippen molar-refractivity contribution in [1.29, 1.82) is 0 Å². The van der Waals surface area contributed by atoms with Crippen LogP contribution in [-0.4, -0.2) is 45.9 Å². The number of hydrogen-bond acceptors (Lipinski definition) is 3. The van der Waals surface area contributed by atoms with E-state index in [9.17, 15) is 9.50 Å². The van der Waals surface area contributed by atoms with E-state index >= 15 is 0 Å². The van der Waals surface area contributed by atoms with E-state index in [2.05, 4.69) is 15.4 Å². The maximum absolute atomic E-state index is 13.1. The Morgan fingerprint density at radius 3 is 2.57 bits per heavy atom. The van der Waals surface area contributed by atoms with Gasteiger partial charge >= 0.3 is 0 Å². The molecule has 0 aliphatic heterocycles. The zero-order valence-corrected chi connectivity index (χ0v) is 19.4. The molecular formula is C22H27FIN5O. The zero-order chi connectivity index (χ0) is 20.6. The maximum Gasteiger partial charge on any atom is 0.194 e. The van der Waals surface area contributed by atoms with E-state index < -0.39 is 6.10 Å². The summed E-state index contributed by atoms with van der Waals surface area (Å²) in [5, 5.41) is 18.0. The zero-order valence-electron chi connectivity index (χ0n) is 17.1. The highest BCUT2D eigenvalue weighted by Gasteiger charge is 2.11. The normalized spacial score (nSPS) is 12.2. The highest BCUT2D eigenvalue weighted by molar-refractivity contribution is 14.0. The Labute approximate surface area is 193 Å². The third kappa shape index (κ3) is 6.53. The van der Waals surface area contributed by atoms with Crippen molar-refractivity contribution < 1.29 is 9.50 Å². The lowest BCUT2D eigenvalue weighted by Crippen LogP contribution is -2.38. The highest BCUT2D eigenvalue weighted by Crippen LogP contribution is 2.14. The molecule has 1 heterocycles. The van der Waals surface area contributed by atoms with E-state index in [-0.39, 0.29) is 36.3 Å². The number of hydrogen-bond donors (Lipinski definition) is 2. The minimum absolute atomic E-state index is 0. The van der Waals surface area contributed by atoms with Crippen LogP contribution in [0, 0.1) is 5.82 Å². The monoisotopic (exact) mass is 523 g/mol. The Morgan fingerprint density at radius 2 is 1.90 bits per heavy atom. The molecule has 8 heteroatoms. The van der Waals surface area contributed by atoms with Gasteiger partial charge in [0.1, 0.15) is 5.82 Å². The van der Waals surface area contributed by atoms with Crippen LogP contribution in [-0.2, 0) is 6.54 Å². The smallest absolute Gasteiger partial charge is 0.194 e. The molecule has 1 atom stereocenters. The average Bonchev–Trinajstić information content (AvgIpc) is 3.20. The van der Waals surface area contributed by atoms with Crippen molar-refractivity contribution in [3.05, 3.63) is 83.9 Å². The van der Waals surface area contributed by atoms with E-state index in [0.29, 0.717) is 24.6 Å². The van der Waals surface area contributed by atoms with Crippen molar-refractivity contribution in [3.63, 3.8) is 0 Å². The fraction of sp³-hybridized carbons (Fsp3) is 0.273. The molecule has 2 aromatic carbocycles. The molecule has 3 aromatic rings. The minimum atomic E-state index is -0.793. The summed E-state index contributed by atoms with van der Waals surface area (Å²) in [6.45, 7) is 3.50. The summed E-state index contributed by atoms with van der Waals surface area (Å²) in [6, 6.07) is 15.8. The quantitative estimate of drug-likeness (QED) is 0.281. The first-order valence-electron chi connectivity index (χ1n) is 9.58. The van der Waals surface area contributed by atoms with Gasteiger partial charge in [0.2, 0.25) is 0 Å². The van der Waals surface area contributed by atoms with Gasteiger partial charge in [-0.05, 0) is 36.8 Å². The van der Waals surface area contributed by atoms with Gasteiger partial charge in [0.25, 0.3) is 0 Å². The van der Waals surface area contributed by atoms with Crippen LogP contribution in [0.1, 0.15) is 24.2 Å². The SMILES string of the molecule is CCNC(=NCC(O)c1ccc(F)cc1)N(C)Cc1cnn(-c2ccccc2)c1.I. The van der Waals surface area contributed by atoms with Gasteiger partial charge in [0.05, 0.1) is 24.5 Å². The van der Waals surface area contributed by atoms with Crippen LogP contribution in [0.2, 0.25) is 0 Å². The van der Waals surface area contributed by atoms with Crippen molar-refractivity contribution in [2.24, 2.45) is 4.99 Å². The number of aliphatic hydroxyl groups excluding tert-OH is 1. The summed E-state index contributed by atoms with van der Waals surface area (Å²) in [4.78, 5) is 6.51. The molecule has 0 amide bonds. The number of para-hydroxylation sites is 1. The number of aliphatic imine (C=N–C) groups is 1. The molecule has 0 fully saturated rings. The van der Waals surface area contributed by atoms with Crippen LogP contribution in [0.5, 0.6) is 0 Å². The number of guanidine groups is 1. The summed E-state index contributed by atoms with van der Waals surface area (Å²) in [5.41, 5.74) is 2.68. The second-order valence-electron chi connectivity index (χ2n) is 6.75. The molecule has 0 spiro atoms. The lowest BCUT2D eigenvalue weighted by Gasteiger charge is -2.22. The molecule has 6 nitrogen and oxygen atoms in total. The van der Waals surface area contributed by atoms with Crippen molar-refractivity contribution in [2.75, 3.05) is 20.1 Å². The predicted octanol–water partition coefficient (Wildman–Crippen LogP) is 3.76. The van der Waals surface area contributed by atoms with E-state index in [0.717, 1.165) is 11.3 Å². The standard InChI is InChI=1S/C22H26FN5O.HI/c1-3-24-22(25-14-21(29)18-9-11-19(23)12-10-18)27(2)15-17-13-26-28(16-17)20-7-5-4-6-8-20;/h4-13,16,21,29H,3,14-15H2,1-2H3,(H,24,25);1H. The maximum atomic E-state index is 13.1. The number of aliphatic hydroxyl groups is 1. The topological polar surface area (TPSA) is 65.7 Å². The molecule has 0 radical (unpaired) electrons. The van der Waals surface area contributed by atoms with E-state index in [1.165, 1.54) is 12.1 Å². The van der Waals surface area contributed by atoms with Gasteiger partial charge in [-0.3, -0.25) is 4.99 Å². The second-order valence-corrected chi connectivity index (χ2v) is 6.75. The van der Waals surface area contributed by atoms with E-state index in [1.54, 1.807) is 12.1 Å². The Kier molecular flexibility index (Phi) is 9.25. The molecule has 0 bridgehead atoms. The van der Waals surface area contributed by atoms with Gasteiger partial charge in [-0.25, -0.2) is 9.07 Å². The Bertz CT molecular complexity index is 930. The van der Waals surface area contributed by atoms with E-state index in [1.807, 2.05) is 66.3 Å². The first-order valence-corrected chi connectivity index (χ1v) is 9.58. The summed E-state index contributed by atoms with van der Waals surface area (Å²) in [5.74, 6) is 0.356. The predicted molar refractivity (Wildman–Crippen MR) is 128 cm³/mol. The lowest BCUT2D eigenvalue weighted by atomic mass is 10.1. The Hall–Kier alpha value is -2.46. The van der Waals surface area contributed by atoms with Crippen molar-refractivity contribution in [3.8, 4) is 5.69 Å². The minimum Gasteiger partial charge on any atom is -0.386 e. The number of benzene rings is 2. The molecule has 0 saturated heterocycles. The summed E-state index contributed by atoms with van der Waals surface area (Å²) in [7, 11) is 1.94. The second kappa shape index (κ2) is 11.7. The van der Waals surface area contributed by atoms with Crippen molar-refractivity contribution in [1.82, 2.24) is 20.0 Å². The summed E-state index contributed by atoms with van der Waals surface area (Å²) < 4.78 is 14.9. The van der Waals surface area contributed by atoms with Crippen LogP contribution >= 0.6 is 24.0 Å². The third-order valence-corrected chi connectivity index (χ3v) is 4.44. The Morgan fingerprint density at radius 1 is 1.20 bits per heavy atom. The fourth-order valence-electron chi connectivity index (χ4n) is 2.95. The number of halogens is 2. The largest absolute Gasteiger partial charge is 0.386 e. The van der Waals surface area contributed by atoms with Gasteiger partial charge in [-0.1, -0.05) is 30.3 Å². The van der Waals surface area contributed by atoms with Gasteiger partial charge in [0, 0.05) is 31.9 Å². The lowest BCUT2D eigenvalue weighted by molar-refractivity contribution is 0.186. The molecule has 0 saturated carbocycles. The molecule has 3 rings (SSSR count). The van der Waals surface area contributed by atoms with Gasteiger partial charge in [0.15, 0.2) is 5.96 Å². The highest BCUT2D eigenvalue weighted by atomic mass is 127. The van der Waals surface area contributed by atoms with E-state index in [4.69, 9.17) is 0 Å². The average molecular weight is 523 g/mol. The summed E-state index contributed by atoms with van der Waals surface area (Å²) in [6.07, 6.45) is 3.03. The molecule has 2 N–H and O–H groups in total. The number of nitrogens with one attached hydrogen (secondary N) is 1. The van der Waals surface area contributed by atoms with Crippen molar-refractivity contribution in [2.45, 2.75) is 19.6 Å². The van der Waals surface area contributed by atoms with Gasteiger partial charge < -0.3 is 15.3 Å². The van der Waals surface area contributed by atoms with Gasteiger partial charge in [-0.2, -0.15) is 5.10 Å². The molecule has 160 valence electrons. The van der Waals surface area contributed by atoms with Crippen LogP contribution in [0.15, 0.2) is 72.0 Å². The van der Waals surface area contributed by atoms with Gasteiger partial charge in [-0.15, -0.1) is 24.0 Å². The fourth-order valence-corrected chi connectivity index (χ4v) is 2.95. The molecule has 0 aliphatic rings. The summed E-state index contributed by atoms with van der Waals surface area (Å²) >= 11 is 0. The first kappa shape index (κ1) is 23.8. The molecule has 1 unspecified atom stereocenters. The van der Waals surface area contributed by atoms with Crippen LogP contribution < -0.4 is 5.32 Å². The van der Waals surface area contributed by atoms with Crippen molar-refractivity contribution >= 4 is 29.9 Å². The molecular weight excluding hydrogens is 496 g/mol. The van der Waals surface area contributed by atoms with Crippen LogP contribution in [0.3, 0.4) is 0 Å². The van der Waals surface area contributed by atoms with Crippen LogP contribution in [0.25, 0.3) is 5.69 Å². The third-order valence-electron chi connectivity index (χ3n) is 4.44. The first-order chi connectivity index (χ1) is 14.1. The molecule has 1 aromatic heterocycles. The molecule has 30 heavy (non-hydrogen) atoms. The number of aromatic nitrogens is 2. The molecule has 0 aliphatic carbocycles. The number of nitrogens with zero attached hydrogens (tertiary/aromatic N) is 4. The van der Waals surface area contributed by atoms with Crippen LogP contribution in [0.4, 0.5) is 4.39 Å². The Balaban J connectivity index is 0.00000320. The number of rotatable bonds is 7.